The Morgan fingerprint density at radius 3 is 2.58 bits per heavy atom. The van der Waals surface area contributed by atoms with Gasteiger partial charge in [0, 0.05) is 6.42 Å². The minimum atomic E-state index is 0.296. The summed E-state index contributed by atoms with van der Waals surface area (Å²) in [7, 11) is 0. The average Bonchev–Trinajstić information content (AvgIpc) is 2.45. The fourth-order valence-corrected chi connectivity index (χ4v) is 5.69. The molecule has 0 saturated heterocycles. The molecule has 1 nitrogen and oxygen atoms in total. The van der Waals surface area contributed by atoms with Crippen LogP contribution in [0.25, 0.3) is 0 Å². The number of ketones is 1. The number of rotatable bonds is 6. The van der Waals surface area contributed by atoms with Gasteiger partial charge in [0.1, 0.15) is 5.78 Å². The van der Waals surface area contributed by atoms with Crippen molar-refractivity contribution in [1.82, 2.24) is 0 Å². The Labute approximate surface area is 150 Å². The van der Waals surface area contributed by atoms with Gasteiger partial charge in [-0.25, -0.2) is 0 Å². The highest BCUT2D eigenvalue weighted by Gasteiger charge is 2.51. The average molecular weight is 331 g/mol. The van der Waals surface area contributed by atoms with Gasteiger partial charge < -0.3 is 4.79 Å². The normalized spacial score (nSPS) is 32.9. The number of Topliss-reactive ketones (excluding diaryl/α,β-unsaturated/α-hetero) is 1. The summed E-state index contributed by atoms with van der Waals surface area (Å²) in [6, 6.07) is 0. The lowest BCUT2D eigenvalue weighted by molar-refractivity contribution is -0.116. The molecule has 2 rings (SSSR count). The maximum atomic E-state index is 11.1. The highest BCUT2D eigenvalue weighted by Crippen LogP contribution is 2.60. The van der Waals surface area contributed by atoms with Crippen molar-refractivity contribution in [3.8, 4) is 0 Å². The van der Waals surface area contributed by atoms with Crippen molar-refractivity contribution >= 4 is 5.78 Å². The van der Waals surface area contributed by atoms with E-state index in [2.05, 4.69) is 46.8 Å². The van der Waals surface area contributed by atoms with Crippen LogP contribution in [0.5, 0.6) is 0 Å². The van der Waals surface area contributed by atoms with Crippen LogP contribution in [0, 0.1) is 22.7 Å². The van der Waals surface area contributed by atoms with Gasteiger partial charge in [-0.3, -0.25) is 0 Å². The molecule has 2 aliphatic rings. The zero-order valence-electron chi connectivity index (χ0n) is 16.9. The summed E-state index contributed by atoms with van der Waals surface area (Å²) in [6.45, 7) is 13.9. The van der Waals surface area contributed by atoms with E-state index in [0.717, 1.165) is 18.3 Å². The van der Waals surface area contributed by atoms with E-state index < -0.39 is 0 Å². The van der Waals surface area contributed by atoms with E-state index in [1.807, 2.05) is 0 Å². The summed E-state index contributed by atoms with van der Waals surface area (Å²) in [6.07, 6.45) is 14.3. The third-order valence-corrected chi connectivity index (χ3v) is 7.11. The largest absolute Gasteiger partial charge is 0.300 e. The standard InChI is InChI=1S/C23H38O/c1-17(9-7-10-19(3)24)11-13-20-18(2)12-14-21-22(4,5)15-8-16-23(20,21)6/h9,12,20-21H,7-8,10-11,13-16H2,1-6H3/b17-9+/t20-,21-,23-/m1/s1. The fourth-order valence-electron chi connectivity index (χ4n) is 5.69. The van der Waals surface area contributed by atoms with Crippen molar-refractivity contribution in [1.29, 1.82) is 0 Å². The second-order valence-electron chi connectivity index (χ2n) is 9.47. The van der Waals surface area contributed by atoms with Gasteiger partial charge in [0.15, 0.2) is 0 Å². The zero-order valence-corrected chi connectivity index (χ0v) is 16.9. The summed E-state index contributed by atoms with van der Waals surface area (Å²) in [5.74, 6) is 1.85. The summed E-state index contributed by atoms with van der Waals surface area (Å²) in [4.78, 5) is 11.1. The van der Waals surface area contributed by atoms with Crippen LogP contribution in [-0.4, -0.2) is 5.78 Å². The molecule has 0 aromatic rings. The Kier molecular flexibility index (Phi) is 6.15. The molecule has 0 aromatic heterocycles. The fraction of sp³-hybridized carbons (Fsp3) is 0.783. The SMILES string of the molecule is CC(=O)CC/C=C(\C)CC[C@@H]1C(C)=CC[C@@H]2C(C)(C)CCC[C@]12C. The number of hydrogen-bond acceptors (Lipinski definition) is 1. The molecule has 0 heterocycles. The van der Waals surface area contributed by atoms with E-state index >= 15 is 0 Å². The van der Waals surface area contributed by atoms with Gasteiger partial charge in [0.2, 0.25) is 0 Å². The first kappa shape index (κ1) is 19.5. The summed E-state index contributed by atoms with van der Waals surface area (Å²) < 4.78 is 0. The maximum absolute atomic E-state index is 11.1. The number of hydrogen-bond donors (Lipinski definition) is 0. The maximum Gasteiger partial charge on any atom is 0.130 e. The molecule has 0 spiro atoms. The van der Waals surface area contributed by atoms with Crippen LogP contribution in [0.4, 0.5) is 0 Å². The smallest absolute Gasteiger partial charge is 0.130 e. The number of carbonyl (C=O) groups excluding carboxylic acids is 1. The molecule has 1 fully saturated rings. The van der Waals surface area contributed by atoms with Crippen LogP contribution in [0.1, 0.15) is 92.9 Å². The van der Waals surface area contributed by atoms with Crippen LogP contribution in [-0.2, 0) is 4.79 Å². The zero-order chi connectivity index (χ0) is 18.0. The molecule has 3 atom stereocenters. The van der Waals surface area contributed by atoms with Crippen LogP contribution in [0.2, 0.25) is 0 Å². The molecule has 0 bridgehead atoms. The van der Waals surface area contributed by atoms with E-state index in [1.54, 1.807) is 12.5 Å². The molecule has 2 aliphatic carbocycles. The predicted molar refractivity (Wildman–Crippen MR) is 104 cm³/mol. The molecule has 0 amide bonds. The lowest BCUT2D eigenvalue weighted by atomic mass is 9.48. The summed E-state index contributed by atoms with van der Waals surface area (Å²) in [5.41, 5.74) is 4.04. The summed E-state index contributed by atoms with van der Waals surface area (Å²) in [5, 5.41) is 0. The molecule has 1 heteroatoms. The second-order valence-corrected chi connectivity index (χ2v) is 9.47. The van der Waals surface area contributed by atoms with E-state index in [9.17, 15) is 4.79 Å². The Morgan fingerprint density at radius 1 is 1.21 bits per heavy atom. The molecular weight excluding hydrogens is 292 g/mol. The van der Waals surface area contributed by atoms with Gasteiger partial charge in [-0.05, 0) is 82.0 Å². The van der Waals surface area contributed by atoms with Gasteiger partial charge in [0.05, 0.1) is 0 Å². The molecule has 0 N–H and O–H groups in total. The number of allylic oxidation sites excluding steroid dienone is 4. The molecular formula is C23H38O. The van der Waals surface area contributed by atoms with E-state index in [4.69, 9.17) is 0 Å². The van der Waals surface area contributed by atoms with Crippen molar-refractivity contribution < 1.29 is 4.79 Å². The first-order chi connectivity index (χ1) is 11.2. The minimum absolute atomic E-state index is 0.296. The van der Waals surface area contributed by atoms with E-state index in [1.165, 1.54) is 44.1 Å². The van der Waals surface area contributed by atoms with Gasteiger partial charge in [-0.2, -0.15) is 0 Å². The third-order valence-electron chi connectivity index (χ3n) is 7.11. The first-order valence-corrected chi connectivity index (χ1v) is 9.98. The number of carbonyl (C=O) groups is 1. The Balaban J connectivity index is 2.06. The monoisotopic (exact) mass is 330 g/mol. The first-order valence-electron chi connectivity index (χ1n) is 9.98. The van der Waals surface area contributed by atoms with Gasteiger partial charge in [0.25, 0.3) is 0 Å². The number of fused-ring (bicyclic) bond motifs is 1. The van der Waals surface area contributed by atoms with Gasteiger partial charge >= 0.3 is 0 Å². The molecule has 0 aromatic carbocycles. The van der Waals surface area contributed by atoms with Crippen molar-refractivity contribution in [3.05, 3.63) is 23.3 Å². The molecule has 0 radical (unpaired) electrons. The van der Waals surface area contributed by atoms with Crippen molar-refractivity contribution in [3.63, 3.8) is 0 Å². The Bertz CT molecular complexity index is 522. The van der Waals surface area contributed by atoms with E-state index in [0.29, 0.717) is 23.0 Å². The second kappa shape index (κ2) is 7.58. The highest BCUT2D eigenvalue weighted by molar-refractivity contribution is 5.75. The Hall–Kier alpha value is -0.850. The topological polar surface area (TPSA) is 17.1 Å². The van der Waals surface area contributed by atoms with Crippen LogP contribution in [0.3, 0.4) is 0 Å². The lowest BCUT2D eigenvalue weighted by Crippen LogP contribution is -2.48. The minimum Gasteiger partial charge on any atom is -0.300 e. The van der Waals surface area contributed by atoms with Gasteiger partial charge in [-0.15, -0.1) is 0 Å². The van der Waals surface area contributed by atoms with Gasteiger partial charge in [-0.1, -0.05) is 50.5 Å². The summed E-state index contributed by atoms with van der Waals surface area (Å²) >= 11 is 0. The molecule has 0 unspecified atom stereocenters. The van der Waals surface area contributed by atoms with Crippen LogP contribution < -0.4 is 0 Å². The van der Waals surface area contributed by atoms with E-state index in [-0.39, 0.29) is 0 Å². The van der Waals surface area contributed by atoms with Crippen LogP contribution in [0.15, 0.2) is 23.3 Å². The molecule has 24 heavy (non-hydrogen) atoms. The molecule has 1 saturated carbocycles. The highest BCUT2D eigenvalue weighted by atomic mass is 16.1. The third kappa shape index (κ3) is 4.21. The lowest BCUT2D eigenvalue weighted by Gasteiger charge is -2.57. The quantitative estimate of drug-likeness (QED) is 0.485. The van der Waals surface area contributed by atoms with Crippen LogP contribution >= 0.6 is 0 Å². The van der Waals surface area contributed by atoms with Crippen molar-refractivity contribution in [2.24, 2.45) is 22.7 Å². The molecule has 0 aliphatic heterocycles. The molecule has 136 valence electrons. The van der Waals surface area contributed by atoms with Crippen molar-refractivity contribution in [2.75, 3.05) is 0 Å². The Morgan fingerprint density at radius 2 is 1.92 bits per heavy atom. The predicted octanol–water partition coefficient (Wildman–Crippen LogP) is 6.88. The van der Waals surface area contributed by atoms with Crippen molar-refractivity contribution in [2.45, 2.75) is 92.9 Å².